The Balaban J connectivity index is 2.25. The highest BCUT2D eigenvalue weighted by Gasteiger charge is 2.15. The fourth-order valence-electron chi connectivity index (χ4n) is 1.36. The number of hydrogen-bond donors (Lipinski definition) is 1. The smallest absolute Gasteiger partial charge is 0.260 e. The highest BCUT2D eigenvalue weighted by Crippen LogP contribution is 2.20. The van der Waals surface area contributed by atoms with E-state index in [9.17, 15) is 13.6 Å². The summed E-state index contributed by atoms with van der Waals surface area (Å²) in [6.07, 6.45) is 1.13. The number of carbonyl (C=O) groups excluding carboxylic acids is 1. The molecule has 0 aliphatic heterocycles. The van der Waals surface area contributed by atoms with Gasteiger partial charge in [-0.1, -0.05) is 17.7 Å². The summed E-state index contributed by atoms with van der Waals surface area (Å²) in [5, 5.41) is 2.38. The zero-order valence-electron chi connectivity index (χ0n) is 8.95. The second-order valence-corrected chi connectivity index (χ2v) is 3.83. The molecule has 18 heavy (non-hydrogen) atoms. The minimum atomic E-state index is -0.727. The Hall–Kier alpha value is -2.01. The Labute approximate surface area is 106 Å². The molecule has 0 saturated carbocycles. The van der Waals surface area contributed by atoms with Gasteiger partial charge in [0.15, 0.2) is 0 Å². The molecule has 2 aromatic rings. The van der Waals surface area contributed by atoms with Crippen molar-refractivity contribution in [3.05, 3.63) is 58.9 Å². The van der Waals surface area contributed by atoms with Crippen LogP contribution in [0.3, 0.4) is 0 Å². The van der Waals surface area contributed by atoms with E-state index in [1.165, 1.54) is 18.2 Å². The van der Waals surface area contributed by atoms with Crippen molar-refractivity contribution in [2.75, 3.05) is 5.32 Å². The second kappa shape index (κ2) is 5.10. The molecule has 1 heterocycles. The summed E-state index contributed by atoms with van der Waals surface area (Å²) in [5.74, 6) is -2.11. The zero-order chi connectivity index (χ0) is 13.1. The van der Waals surface area contributed by atoms with Gasteiger partial charge in [0.25, 0.3) is 5.91 Å². The molecule has 3 nitrogen and oxygen atoms in total. The summed E-state index contributed by atoms with van der Waals surface area (Å²) in [7, 11) is 0. The first-order chi connectivity index (χ1) is 8.58. The number of amides is 1. The first kappa shape index (κ1) is 12.4. The molecule has 1 aromatic carbocycles. The van der Waals surface area contributed by atoms with Crippen LogP contribution in [0.5, 0.6) is 0 Å². The van der Waals surface area contributed by atoms with Gasteiger partial charge in [-0.3, -0.25) is 4.79 Å². The van der Waals surface area contributed by atoms with Gasteiger partial charge >= 0.3 is 0 Å². The number of hydrogen-bond acceptors (Lipinski definition) is 2. The van der Waals surface area contributed by atoms with Crippen LogP contribution in [-0.2, 0) is 0 Å². The van der Waals surface area contributed by atoms with Crippen molar-refractivity contribution in [3.63, 3.8) is 0 Å². The van der Waals surface area contributed by atoms with Crippen LogP contribution in [0.4, 0.5) is 14.5 Å². The lowest BCUT2D eigenvalue weighted by atomic mass is 10.2. The normalized spacial score (nSPS) is 10.2. The van der Waals surface area contributed by atoms with Crippen LogP contribution in [0, 0.1) is 11.8 Å². The summed E-state index contributed by atoms with van der Waals surface area (Å²) < 4.78 is 26.0. The molecule has 0 radical (unpaired) electrons. The van der Waals surface area contributed by atoms with Crippen molar-refractivity contribution >= 4 is 23.2 Å². The maximum Gasteiger partial charge on any atom is 0.260 e. The Morgan fingerprint density at radius 2 is 2.00 bits per heavy atom. The van der Waals surface area contributed by atoms with Gasteiger partial charge in [0, 0.05) is 0 Å². The Bertz CT molecular complexity index is 567. The van der Waals surface area contributed by atoms with Crippen molar-refractivity contribution in [1.29, 1.82) is 0 Å². The van der Waals surface area contributed by atoms with E-state index >= 15 is 0 Å². The Kier molecular flexibility index (Phi) is 3.53. The van der Waals surface area contributed by atoms with E-state index in [1.807, 2.05) is 0 Å². The van der Waals surface area contributed by atoms with E-state index < -0.39 is 17.7 Å². The van der Waals surface area contributed by atoms with Gasteiger partial charge in [0.1, 0.15) is 5.82 Å². The molecule has 0 aliphatic rings. The number of carbonyl (C=O) groups is 1. The quantitative estimate of drug-likeness (QED) is 0.850. The minimum Gasteiger partial charge on any atom is -0.320 e. The number of benzene rings is 1. The zero-order valence-corrected chi connectivity index (χ0v) is 9.71. The molecule has 2 rings (SSSR count). The third-order valence-electron chi connectivity index (χ3n) is 2.18. The average Bonchev–Trinajstić information content (AvgIpc) is 2.32. The Morgan fingerprint density at radius 1 is 1.22 bits per heavy atom. The van der Waals surface area contributed by atoms with E-state index in [0.29, 0.717) is 0 Å². The van der Waals surface area contributed by atoms with Gasteiger partial charge in [-0.2, -0.15) is 4.39 Å². The standard InChI is InChI=1S/C12H7ClF2N2O/c13-8-2-1-3-9(14)11(8)12(18)17-7-4-5-10(15)16-6-7/h1-6H,(H,17,18). The third-order valence-corrected chi connectivity index (χ3v) is 2.49. The number of aromatic nitrogens is 1. The van der Waals surface area contributed by atoms with Crippen LogP contribution in [0.1, 0.15) is 10.4 Å². The summed E-state index contributed by atoms with van der Waals surface area (Å²) in [4.78, 5) is 15.1. The molecule has 0 bridgehead atoms. The second-order valence-electron chi connectivity index (χ2n) is 3.42. The maximum absolute atomic E-state index is 13.4. The molecule has 92 valence electrons. The summed E-state index contributed by atoms with van der Waals surface area (Å²) in [5.41, 5.74) is -0.00999. The van der Waals surface area contributed by atoms with Gasteiger partial charge in [-0.15, -0.1) is 0 Å². The topological polar surface area (TPSA) is 42.0 Å². The van der Waals surface area contributed by atoms with Crippen LogP contribution >= 0.6 is 11.6 Å². The fourth-order valence-corrected chi connectivity index (χ4v) is 1.61. The molecule has 0 atom stereocenters. The molecule has 0 unspecified atom stereocenters. The van der Waals surface area contributed by atoms with E-state index in [1.54, 1.807) is 0 Å². The molecule has 1 amide bonds. The van der Waals surface area contributed by atoms with Gasteiger partial charge in [-0.05, 0) is 24.3 Å². The van der Waals surface area contributed by atoms with E-state index in [2.05, 4.69) is 10.3 Å². The monoisotopic (exact) mass is 268 g/mol. The molecule has 0 aliphatic carbocycles. The van der Waals surface area contributed by atoms with E-state index in [0.717, 1.165) is 18.3 Å². The number of halogens is 3. The fraction of sp³-hybridized carbons (Fsp3) is 0. The molecule has 1 aromatic heterocycles. The lowest BCUT2D eigenvalue weighted by Gasteiger charge is -2.07. The third kappa shape index (κ3) is 2.62. The minimum absolute atomic E-state index is 0.00238. The molecule has 6 heteroatoms. The van der Waals surface area contributed by atoms with Gasteiger partial charge in [0.2, 0.25) is 5.95 Å². The largest absolute Gasteiger partial charge is 0.320 e. The number of rotatable bonds is 2. The lowest BCUT2D eigenvalue weighted by molar-refractivity contribution is 0.102. The van der Waals surface area contributed by atoms with Gasteiger partial charge in [-0.25, -0.2) is 9.37 Å². The molecule has 0 saturated heterocycles. The average molecular weight is 269 g/mol. The van der Waals surface area contributed by atoms with Crippen molar-refractivity contribution in [2.24, 2.45) is 0 Å². The first-order valence-electron chi connectivity index (χ1n) is 4.95. The summed E-state index contributed by atoms with van der Waals surface area (Å²) in [6, 6.07) is 6.33. The molecular formula is C12H7ClF2N2O. The van der Waals surface area contributed by atoms with Crippen LogP contribution in [0.15, 0.2) is 36.5 Å². The van der Waals surface area contributed by atoms with Crippen molar-refractivity contribution in [1.82, 2.24) is 4.98 Å². The summed E-state index contributed by atoms with van der Waals surface area (Å²) in [6.45, 7) is 0. The van der Waals surface area contributed by atoms with Gasteiger partial charge < -0.3 is 5.32 Å². The number of pyridine rings is 1. The van der Waals surface area contributed by atoms with E-state index in [4.69, 9.17) is 11.6 Å². The van der Waals surface area contributed by atoms with E-state index in [-0.39, 0.29) is 16.3 Å². The van der Waals surface area contributed by atoms with Crippen LogP contribution in [-0.4, -0.2) is 10.9 Å². The Morgan fingerprint density at radius 3 is 2.61 bits per heavy atom. The molecular weight excluding hydrogens is 262 g/mol. The SMILES string of the molecule is O=C(Nc1ccc(F)nc1)c1c(F)cccc1Cl. The first-order valence-corrected chi connectivity index (χ1v) is 5.32. The molecule has 1 N–H and O–H groups in total. The maximum atomic E-state index is 13.4. The highest BCUT2D eigenvalue weighted by atomic mass is 35.5. The van der Waals surface area contributed by atoms with Gasteiger partial charge in [0.05, 0.1) is 22.5 Å². The number of anilines is 1. The van der Waals surface area contributed by atoms with Crippen molar-refractivity contribution in [2.45, 2.75) is 0 Å². The molecule has 0 spiro atoms. The van der Waals surface area contributed by atoms with Crippen LogP contribution in [0.2, 0.25) is 5.02 Å². The number of nitrogens with zero attached hydrogens (tertiary/aromatic N) is 1. The van der Waals surface area contributed by atoms with Crippen LogP contribution < -0.4 is 5.32 Å². The van der Waals surface area contributed by atoms with Crippen molar-refractivity contribution < 1.29 is 13.6 Å². The highest BCUT2D eigenvalue weighted by molar-refractivity contribution is 6.34. The predicted octanol–water partition coefficient (Wildman–Crippen LogP) is 3.27. The van der Waals surface area contributed by atoms with Crippen molar-refractivity contribution in [3.8, 4) is 0 Å². The molecule has 0 fully saturated rings. The predicted molar refractivity (Wildman–Crippen MR) is 63.6 cm³/mol. The summed E-state index contributed by atoms with van der Waals surface area (Å²) >= 11 is 5.74. The number of nitrogens with one attached hydrogen (secondary N) is 1. The lowest BCUT2D eigenvalue weighted by Crippen LogP contribution is -2.14. The van der Waals surface area contributed by atoms with Crippen LogP contribution in [0.25, 0.3) is 0 Å².